The molecule has 180 valence electrons. The first-order valence-corrected chi connectivity index (χ1v) is 11.4. The van der Waals surface area contributed by atoms with Crippen LogP contribution in [0.5, 0.6) is 5.75 Å². The number of esters is 1. The van der Waals surface area contributed by atoms with Gasteiger partial charge in [-0.3, -0.25) is 13.9 Å². The van der Waals surface area contributed by atoms with Crippen molar-refractivity contribution in [2.75, 3.05) is 19.5 Å². The third kappa shape index (κ3) is 6.36. The van der Waals surface area contributed by atoms with E-state index in [2.05, 4.69) is 14.8 Å². The Labute approximate surface area is 188 Å². The molecule has 1 aliphatic rings. The highest BCUT2D eigenvalue weighted by Gasteiger charge is 2.39. The Morgan fingerprint density at radius 2 is 2.12 bits per heavy atom. The van der Waals surface area contributed by atoms with Crippen LogP contribution in [0.15, 0.2) is 41.3 Å². The van der Waals surface area contributed by atoms with Crippen molar-refractivity contribution in [3.8, 4) is 5.75 Å². The Morgan fingerprint density at radius 3 is 2.76 bits per heavy atom. The largest absolute Gasteiger partial charge is 0.468 e. The summed E-state index contributed by atoms with van der Waals surface area (Å²) in [5.41, 5.74) is 4.82. The summed E-state index contributed by atoms with van der Waals surface area (Å²) in [4.78, 5) is 27.4. The first-order chi connectivity index (χ1) is 15.6. The second-order valence-corrected chi connectivity index (χ2v) is 8.88. The molecule has 0 bridgehead atoms. The molecule has 1 aromatic carbocycles. The fourth-order valence-corrected chi connectivity index (χ4v) is 4.55. The molecule has 2 aromatic rings. The smallest absolute Gasteiger partial charge is 0.459 e. The third-order valence-corrected chi connectivity index (χ3v) is 6.36. The fraction of sp³-hybridized carbons (Fsp3) is 0.421. The molecular formula is C19H24FN4O8P. The van der Waals surface area contributed by atoms with Gasteiger partial charge in [0.25, 0.3) is 0 Å². The van der Waals surface area contributed by atoms with Gasteiger partial charge in [-0.25, -0.2) is 13.8 Å². The van der Waals surface area contributed by atoms with Gasteiger partial charge in [0.15, 0.2) is 0 Å². The fourth-order valence-electron chi connectivity index (χ4n) is 3.04. The van der Waals surface area contributed by atoms with Crippen molar-refractivity contribution in [3.05, 3.63) is 52.8 Å². The Morgan fingerprint density at radius 1 is 1.42 bits per heavy atom. The van der Waals surface area contributed by atoms with Crippen LogP contribution >= 0.6 is 7.75 Å². The van der Waals surface area contributed by atoms with E-state index in [1.165, 1.54) is 31.3 Å². The van der Waals surface area contributed by atoms with E-state index >= 15 is 0 Å². The van der Waals surface area contributed by atoms with Crippen molar-refractivity contribution in [1.82, 2.24) is 14.6 Å². The zero-order chi connectivity index (χ0) is 24.2. The van der Waals surface area contributed by atoms with Crippen LogP contribution in [0.3, 0.4) is 0 Å². The molecule has 1 saturated heterocycles. The molecule has 0 saturated carbocycles. The van der Waals surface area contributed by atoms with Gasteiger partial charge in [-0.1, -0.05) is 0 Å². The topological polar surface area (TPSA) is 164 Å². The molecule has 1 fully saturated rings. The predicted octanol–water partition coefficient (Wildman–Crippen LogP) is 0.968. The Hall–Kier alpha value is -2.83. The average molecular weight is 486 g/mol. The van der Waals surface area contributed by atoms with E-state index in [4.69, 9.17) is 19.5 Å². The summed E-state index contributed by atoms with van der Waals surface area (Å²) in [7, 11) is -3.07. The molecule has 12 nitrogen and oxygen atoms in total. The lowest BCUT2D eigenvalue weighted by molar-refractivity contribution is -0.142. The maximum absolute atomic E-state index is 13.3. The standard InChI is InChI=1S/C19H24FN4O8P/c1-11(18(26)29-2)23-33(28,32-13-5-3-12(20)4-6-13)30-10-15-14(25)9-17(31-15)24-8-7-16(21)22-19(24)27/h3-8,11,14-15,17,25H,9-10H2,1-2H3,(H,23,28)(H2,21,22,27)/t11-,14+,15+,17+,33?/m0/s1. The van der Waals surface area contributed by atoms with E-state index in [1.54, 1.807) is 0 Å². The summed E-state index contributed by atoms with van der Waals surface area (Å²) in [5.74, 6) is -1.21. The number of hydrogen-bond donors (Lipinski definition) is 3. The van der Waals surface area contributed by atoms with Crippen molar-refractivity contribution in [2.24, 2.45) is 0 Å². The molecule has 1 aromatic heterocycles. The van der Waals surface area contributed by atoms with Crippen molar-refractivity contribution in [1.29, 1.82) is 0 Å². The minimum Gasteiger partial charge on any atom is -0.468 e. The number of nitrogens with zero attached hydrogens (tertiary/aromatic N) is 2. The number of aliphatic hydroxyl groups is 1. The lowest BCUT2D eigenvalue weighted by Crippen LogP contribution is -2.36. The number of carbonyl (C=O) groups excluding carboxylic acids is 1. The highest BCUT2D eigenvalue weighted by molar-refractivity contribution is 7.52. The Kier molecular flexibility index (Phi) is 7.82. The van der Waals surface area contributed by atoms with Gasteiger partial charge in [-0.05, 0) is 37.3 Å². The zero-order valence-corrected chi connectivity index (χ0v) is 18.7. The number of ether oxygens (including phenoxy) is 2. The quantitative estimate of drug-likeness (QED) is 0.342. The summed E-state index contributed by atoms with van der Waals surface area (Å²) in [6.07, 6.45) is -1.49. The molecule has 3 rings (SSSR count). The molecule has 0 spiro atoms. The number of methoxy groups -OCH3 is 1. The van der Waals surface area contributed by atoms with Crippen LogP contribution in [0.2, 0.25) is 0 Å². The van der Waals surface area contributed by atoms with Gasteiger partial charge in [0, 0.05) is 12.6 Å². The molecule has 0 amide bonds. The Balaban J connectivity index is 1.72. The zero-order valence-electron chi connectivity index (χ0n) is 17.8. The lowest BCUT2D eigenvalue weighted by Gasteiger charge is -2.24. The minimum absolute atomic E-state index is 0.00886. The second kappa shape index (κ2) is 10.4. The van der Waals surface area contributed by atoms with Gasteiger partial charge in [0.1, 0.15) is 35.8 Å². The molecule has 2 heterocycles. The molecule has 14 heteroatoms. The molecule has 1 aliphatic heterocycles. The first kappa shape index (κ1) is 24.8. The second-order valence-electron chi connectivity index (χ2n) is 7.19. The predicted molar refractivity (Wildman–Crippen MR) is 113 cm³/mol. The maximum Gasteiger partial charge on any atom is 0.459 e. The maximum atomic E-state index is 13.3. The van der Waals surface area contributed by atoms with Gasteiger partial charge in [-0.15, -0.1) is 0 Å². The average Bonchev–Trinajstić information content (AvgIpc) is 3.13. The van der Waals surface area contributed by atoms with Crippen LogP contribution in [0.4, 0.5) is 10.2 Å². The van der Waals surface area contributed by atoms with Crippen LogP contribution in [-0.4, -0.2) is 52.6 Å². The van der Waals surface area contributed by atoms with Gasteiger partial charge in [0.2, 0.25) is 0 Å². The summed E-state index contributed by atoms with van der Waals surface area (Å²) in [5, 5.41) is 12.8. The van der Waals surface area contributed by atoms with Gasteiger partial charge >= 0.3 is 19.4 Å². The number of anilines is 1. The van der Waals surface area contributed by atoms with E-state index in [1.807, 2.05) is 0 Å². The minimum atomic E-state index is -4.23. The molecule has 5 atom stereocenters. The highest BCUT2D eigenvalue weighted by Crippen LogP contribution is 2.46. The number of aliphatic hydroxyl groups excluding tert-OH is 1. The number of nitrogens with two attached hydrogens (primary N) is 1. The van der Waals surface area contributed by atoms with Crippen molar-refractivity contribution in [3.63, 3.8) is 0 Å². The SMILES string of the molecule is COC(=O)[C@H](C)NP(=O)(OC[C@H]1O[C@@H](n2ccc(N)nc2=O)C[C@H]1O)Oc1ccc(F)cc1. The number of rotatable bonds is 9. The van der Waals surface area contributed by atoms with Crippen LogP contribution in [0.1, 0.15) is 19.6 Å². The van der Waals surface area contributed by atoms with E-state index < -0.39 is 56.3 Å². The van der Waals surface area contributed by atoms with Crippen molar-refractivity contribution < 1.29 is 37.4 Å². The van der Waals surface area contributed by atoms with E-state index in [-0.39, 0.29) is 18.0 Å². The number of benzene rings is 1. The monoisotopic (exact) mass is 486 g/mol. The number of aromatic nitrogens is 2. The lowest BCUT2D eigenvalue weighted by atomic mass is 10.2. The molecule has 1 unspecified atom stereocenters. The van der Waals surface area contributed by atoms with Gasteiger partial charge in [-0.2, -0.15) is 10.1 Å². The van der Waals surface area contributed by atoms with Gasteiger partial charge in [0.05, 0.1) is 19.8 Å². The number of nitrogens with one attached hydrogen (secondary N) is 1. The van der Waals surface area contributed by atoms with Crippen LogP contribution in [0.25, 0.3) is 0 Å². The molecule has 0 aliphatic carbocycles. The highest BCUT2D eigenvalue weighted by atomic mass is 31.2. The number of nitrogen functional groups attached to an aromatic ring is 1. The van der Waals surface area contributed by atoms with Crippen molar-refractivity contribution >= 4 is 19.5 Å². The summed E-state index contributed by atoms with van der Waals surface area (Å²) in [6, 6.07) is 4.97. The Bertz CT molecular complexity index is 1080. The van der Waals surface area contributed by atoms with Crippen LogP contribution in [-0.2, 0) is 23.4 Å². The summed E-state index contributed by atoms with van der Waals surface area (Å²) < 4.78 is 48.8. The van der Waals surface area contributed by atoms with Gasteiger partial charge < -0.3 is 24.8 Å². The van der Waals surface area contributed by atoms with E-state index in [0.29, 0.717) is 0 Å². The van der Waals surface area contributed by atoms with Crippen LogP contribution < -0.4 is 21.0 Å². The third-order valence-electron chi connectivity index (χ3n) is 4.72. The number of carbonyl (C=O) groups is 1. The van der Waals surface area contributed by atoms with Crippen LogP contribution in [0, 0.1) is 5.82 Å². The number of halogens is 1. The van der Waals surface area contributed by atoms with E-state index in [9.17, 15) is 23.7 Å². The molecule has 33 heavy (non-hydrogen) atoms. The normalized spacial score (nSPS) is 23.0. The molecule has 0 radical (unpaired) electrons. The first-order valence-electron chi connectivity index (χ1n) is 9.84. The summed E-state index contributed by atoms with van der Waals surface area (Å²) >= 11 is 0. The van der Waals surface area contributed by atoms with E-state index in [0.717, 1.165) is 23.8 Å². The molecular weight excluding hydrogens is 462 g/mol. The van der Waals surface area contributed by atoms with Crippen molar-refractivity contribution in [2.45, 2.75) is 37.8 Å². The summed E-state index contributed by atoms with van der Waals surface area (Å²) in [6.45, 7) is 0.960. The molecule has 4 N–H and O–H groups in total. The number of hydrogen-bond acceptors (Lipinski definition) is 10.